The molecule has 8 heteroatoms. The molecule has 0 unspecified atom stereocenters. The van der Waals surface area contributed by atoms with E-state index in [1.807, 2.05) is 24.3 Å². The number of nitrogens with zero attached hydrogens (tertiary/aromatic N) is 7. The van der Waals surface area contributed by atoms with Gasteiger partial charge in [0.25, 0.3) is 0 Å². The van der Waals surface area contributed by atoms with Crippen molar-refractivity contribution in [1.29, 1.82) is 0 Å². The third-order valence-corrected chi connectivity index (χ3v) is 14.6. The van der Waals surface area contributed by atoms with Gasteiger partial charge in [-0.2, -0.15) is 0 Å². The van der Waals surface area contributed by atoms with Gasteiger partial charge in [-0.1, -0.05) is 146 Å². The number of benzene rings is 10. The molecule has 0 N–H and O–H groups in total. The minimum atomic E-state index is 0.498. The Morgan fingerprint density at radius 1 is 0.278 bits per heavy atom. The number of fused-ring (bicyclic) bond motifs is 7. The van der Waals surface area contributed by atoms with Gasteiger partial charge in [-0.05, 0) is 96.1 Å². The number of para-hydroxylation sites is 14. The van der Waals surface area contributed by atoms with Gasteiger partial charge in [0.2, 0.25) is 5.89 Å². The van der Waals surface area contributed by atoms with Crippen molar-refractivity contribution in [3.63, 3.8) is 0 Å². The van der Waals surface area contributed by atoms with Gasteiger partial charge in [0.05, 0.1) is 90.9 Å². The highest BCUT2D eigenvalue weighted by atomic mass is 16.3. The van der Waals surface area contributed by atoms with E-state index in [9.17, 15) is 0 Å². The van der Waals surface area contributed by atoms with E-state index >= 15 is 0 Å². The highest BCUT2D eigenvalue weighted by Crippen LogP contribution is 2.67. The van der Waals surface area contributed by atoms with Crippen molar-refractivity contribution in [2.45, 2.75) is 0 Å². The summed E-state index contributed by atoms with van der Waals surface area (Å²) >= 11 is 0. The van der Waals surface area contributed by atoms with Gasteiger partial charge in [0.1, 0.15) is 5.52 Å². The number of aromatic nitrogens is 1. The van der Waals surface area contributed by atoms with Crippen molar-refractivity contribution in [3.8, 4) is 33.7 Å². The zero-order chi connectivity index (χ0) is 48.0. The lowest BCUT2D eigenvalue weighted by Gasteiger charge is -2.46. The van der Waals surface area contributed by atoms with Crippen LogP contribution in [-0.2, 0) is 0 Å². The molecular weight excluding hydrogens is 883 g/mol. The molecule has 0 saturated carbocycles. The van der Waals surface area contributed by atoms with Crippen molar-refractivity contribution in [1.82, 2.24) is 4.98 Å². The van der Waals surface area contributed by atoms with Gasteiger partial charge in [-0.15, -0.1) is 0 Å². The monoisotopic (exact) mass is 929 g/mol. The first-order valence-electron chi connectivity index (χ1n) is 24.4. The number of hydrogen-bond donors (Lipinski definition) is 0. The van der Waals surface area contributed by atoms with Gasteiger partial charge >= 0.3 is 0 Å². The molecule has 0 amide bonds. The van der Waals surface area contributed by atoms with Crippen LogP contribution in [0.25, 0.3) is 44.8 Å². The molecule has 0 spiro atoms. The molecular formula is C64H47N7O. The lowest BCUT2D eigenvalue weighted by Crippen LogP contribution is -2.30. The molecule has 8 nitrogen and oxygen atoms in total. The predicted molar refractivity (Wildman–Crippen MR) is 299 cm³/mol. The van der Waals surface area contributed by atoms with E-state index < -0.39 is 0 Å². The number of rotatable bonds is 6. The summed E-state index contributed by atoms with van der Waals surface area (Å²) < 4.78 is 7.33. The van der Waals surface area contributed by atoms with E-state index in [1.165, 1.54) is 0 Å². The van der Waals surface area contributed by atoms with Crippen LogP contribution in [0, 0.1) is 0 Å². The van der Waals surface area contributed by atoms with Crippen LogP contribution in [0.5, 0.6) is 0 Å². The molecule has 72 heavy (non-hydrogen) atoms. The van der Waals surface area contributed by atoms with Gasteiger partial charge in [0, 0.05) is 32.3 Å². The second-order valence-corrected chi connectivity index (χ2v) is 18.5. The van der Waals surface area contributed by atoms with Crippen LogP contribution in [0.1, 0.15) is 0 Å². The van der Waals surface area contributed by atoms with E-state index in [0.29, 0.717) is 11.5 Å². The smallest absolute Gasteiger partial charge is 0.231 e. The number of oxazole rings is 1. The number of anilines is 15. The van der Waals surface area contributed by atoms with Crippen molar-refractivity contribution in [2.75, 3.05) is 50.5 Å². The summed E-state index contributed by atoms with van der Waals surface area (Å²) in [6, 6.07) is 82.6. The third kappa shape index (κ3) is 6.09. The van der Waals surface area contributed by atoms with Gasteiger partial charge < -0.3 is 33.8 Å². The lowest BCUT2D eigenvalue weighted by molar-refractivity contribution is 0.620. The molecule has 10 aromatic carbocycles. The molecule has 4 heterocycles. The zero-order valence-corrected chi connectivity index (χ0v) is 40.0. The van der Waals surface area contributed by atoms with Crippen molar-refractivity contribution in [2.24, 2.45) is 0 Å². The Kier molecular flexibility index (Phi) is 9.38. The van der Waals surface area contributed by atoms with E-state index in [-0.39, 0.29) is 0 Å². The summed E-state index contributed by atoms with van der Waals surface area (Å²) in [6.07, 6.45) is 0. The van der Waals surface area contributed by atoms with E-state index in [2.05, 4.69) is 257 Å². The van der Waals surface area contributed by atoms with Crippen LogP contribution in [0.15, 0.2) is 235 Å². The number of hydrogen-bond acceptors (Lipinski definition) is 8. The molecule has 0 aliphatic carbocycles. The first-order chi connectivity index (χ1) is 35.5. The Morgan fingerprint density at radius 2 is 0.556 bits per heavy atom. The minimum Gasteiger partial charge on any atom is -0.436 e. The maximum atomic E-state index is 7.33. The van der Waals surface area contributed by atoms with Crippen LogP contribution in [0.4, 0.5) is 85.3 Å². The van der Waals surface area contributed by atoms with Crippen molar-refractivity contribution >= 4 is 96.4 Å². The fourth-order valence-electron chi connectivity index (χ4n) is 11.4. The Bertz CT molecular complexity index is 3750. The molecule has 3 aliphatic rings. The highest BCUT2D eigenvalue weighted by Gasteiger charge is 2.43. The summed E-state index contributed by atoms with van der Waals surface area (Å²) in [7, 11) is 6.51. The third-order valence-electron chi connectivity index (χ3n) is 14.6. The van der Waals surface area contributed by atoms with Gasteiger partial charge in [-0.25, -0.2) is 4.98 Å². The first-order valence-corrected chi connectivity index (χ1v) is 24.4. The summed E-state index contributed by atoms with van der Waals surface area (Å²) in [6.45, 7) is 0. The second-order valence-electron chi connectivity index (χ2n) is 18.5. The summed E-state index contributed by atoms with van der Waals surface area (Å²) in [4.78, 5) is 20.0. The predicted octanol–water partition coefficient (Wildman–Crippen LogP) is 17.5. The average Bonchev–Trinajstić information content (AvgIpc) is 3.88. The minimum absolute atomic E-state index is 0.498. The lowest BCUT2D eigenvalue weighted by atomic mass is 9.84. The molecule has 1 aromatic heterocycles. The maximum absolute atomic E-state index is 7.33. The Labute approximate surface area is 418 Å². The van der Waals surface area contributed by atoms with Crippen LogP contribution < -0.4 is 29.4 Å². The zero-order valence-electron chi connectivity index (χ0n) is 40.0. The fourth-order valence-corrected chi connectivity index (χ4v) is 11.4. The summed E-state index contributed by atoms with van der Waals surface area (Å²) in [5, 5.41) is 0. The highest BCUT2D eigenvalue weighted by molar-refractivity contribution is 6.21. The summed E-state index contributed by atoms with van der Waals surface area (Å²) in [5.74, 6) is 0.498. The molecule has 0 saturated heterocycles. The fraction of sp³-hybridized carbons (Fsp3) is 0.0469. The van der Waals surface area contributed by atoms with E-state index in [0.717, 1.165) is 119 Å². The van der Waals surface area contributed by atoms with Gasteiger partial charge in [-0.3, -0.25) is 0 Å². The van der Waals surface area contributed by atoms with Crippen LogP contribution in [-0.4, -0.2) is 26.1 Å². The molecule has 0 bridgehead atoms. The molecule has 14 rings (SSSR count). The first kappa shape index (κ1) is 41.4. The molecule has 0 atom stereocenters. The Morgan fingerprint density at radius 3 is 0.917 bits per heavy atom. The molecule has 0 radical (unpaired) electrons. The van der Waals surface area contributed by atoms with Crippen molar-refractivity contribution in [3.05, 3.63) is 231 Å². The largest absolute Gasteiger partial charge is 0.436 e. The van der Waals surface area contributed by atoms with Crippen LogP contribution in [0.2, 0.25) is 0 Å². The second kappa shape index (κ2) is 16.3. The Hall–Kier alpha value is -9.53. The average molecular weight is 930 g/mol. The molecule has 0 fully saturated rings. The normalized spacial score (nSPS) is 13.3. The SMILES string of the molecule is CN1c2ccccc2N(c2c(-c3ccccc3)c(-c3ccccc3)c(N3c4ccccc4N(C)c4ccccc43)c(N3c4ccccc4N(C)c4ccccc43)c2-c2nc3ccccc3o2)c2ccccc21. The maximum Gasteiger partial charge on any atom is 0.231 e. The van der Waals surface area contributed by atoms with Crippen LogP contribution >= 0.6 is 0 Å². The topological polar surface area (TPSA) is 45.5 Å². The van der Waals surface area contributed by atoms with Crippen LogP contribution in [0.3, 0.4) is 0 Å². The quantitative estimate of drug-likeness (QED) is 0.163. The standard InChI is InChI=1S/C64H47N7O/c1-66-45-29-11-17-35-51(45)69(52-36-18-12-30-46(52)66)61-58(42-24-6-4-7-25-42)59(43-26-8-5-9-27-43)62(70-53-37-19-13-31-47(53)67(2)48-32-14-20-38-54(48)70)63(60(61)64-65-44-28-10-23-41-57(44)72-64)71-55-39-21-15-33-49(55)68(3)50-34-16-22-40-56(50)71/h4-41H,1-3H3. The van der Waals surface area contributed by atoms with E-state index in [1.54, 1.807) is 0 Å². The molecule has 344 valence electrons. The molecule has 3 aliphatic heterocycles. The summed E-state index contributed by atoms with van der Waals surface area (Å²) in [5.41, 5.74) is 21.9. The molecule has 11 aromatic rings. The Balaban J connectivity index is 1.30. The van der Waals surface area contributed by atoms with Gasteiger partial charge in [0.15, 0.2) is 5.58 Å². The van der Waals surface area contributed by atoms with E-state index in [4.69, 9.17) is 9.40 Å². The van der Waals surface area contributed by atoms with Crippen molar-refractivity contribution < 1.29 is 4.42 Å².